The topological polar surface area (TPSA) is 12.0 Å². The maximum Gasteiger partial charge on any atom is 0.0589 e. The van der Waals surface area contributed by atoms with Gasteiger partial charge in [0, 0.05) is 14.5 Å². The van der Waals surface area contributed by atoms with Gasteiger partial charge in [0.15, 0.2) is 0 Å². The summed E-state index contributed by atoms with van der Waals surface area (Å²) in [5, 5.41) is 4.71. The van der Waals surface area contributed by atoms with Crippen molar-refractivity contribution in [1.82, 2.24) is 5.32 Å². The van der Waals surface area contributed by atoms with Gasteiger partial charge in [0.1, 0.15) is 0 Å². The van der Waals surface area contributed by atoms with E-state index < -0.39 is 0 Å². The number of benzene rings is 2. The summed E-state index contributed by atoms with van der Waals surface area (Å²) >= 11 is 15.7. The first-order chi connectivity index (χ1) is 8.61. The van der Waals surface area contributed by atoms with Crippen LogP contribution in [0.2, 0.25) is 10.0 Å². The molecule has 0 fully saturated rings. The van der Waals surface area contributed by atoms with Gasteiger partial charge in [-0.3, -0.25) is 0 Å². The lowest BCUT2D eigenvalue weighted by atomic mass is 9.99. The van der Waals surface area contributed by atoms with Gasteiger partial charge in [0.25, 0.3) is 0 Å². The number of nitrogens with one attached hydrogen (secondary N) is 1. The molecule has 2 aromatic rings. The summed E-state index contributed by atoms with van der Waals surface area (Å²) < 4.78 is 0.970. The molecule has 1 atom stereocenters. The molecule has 0 aromatic heterocycles. The van der Waals surface area contributed by atoms with Crippen molar-refractivity contribution >= 4 is 39.1 Å². The Morgan fingerprint density at radius 1 is 1.11 bits per heavy atom. The lowest BCUT2D eigenvalue weighted by molar-refractivity contribution is 0.692. The minimum atomic E-state index is 0.0318. The van der Waals surface area contributed by atoms with Crippen molar-refractivity contribution in [3.63, 3.8) is 0 Å². The molecule has 0 saturated heterocycles. The molecule has 0 aliphatic heterocycles. The molecule has 18 heavy (non-hydrogen) atoms. The number of hydrogen-bond donors (Lipinski definition) is 1. The standard InChI is InChI=1S/C14H12BrCl2N/c1-18-14(9-3-2-4-11(16)7-9)12-6-5-10(15)8-13(12)17/h2-8,14,18H,1H3. The van der Waals surface area contributed by atoms with Crippen LogP contribution in [0.25, 0.3) is 0 Å². The molecule has 0 amide bonds. The van der Waals surface area contributed by atoms with Crippen LogP contribution < -0.4 is 5.32 Å². The largest absolute Gasteiger partial charge is 0.309 e. The summed E-state index contributed by atoms with van der Waals surface area (Å²) in [6, 6.07) is 13.7. The van der Waals surface area contributed by atoms with Crippen LogP contribution in [0.1, 0.15) is 17.2 Å². The first kappa shape index (κ1) is 13.9. The van der Waals surface area contributed by atoms with Crippen molar-refractivity contribution in [3.05, 3.63) is 68.1 Å². The summed E-state index contributed by atoms with van der Waals surface area (Å²) in [6.45, 7) is 0. The first-order valence-electron chi connectivity index (χ1n) is 5.49. The Hall–Kier alpha value is -0.540. The van der Waals surface area contributed by atoms with E-state index in [4.69, 9.17) is 23.2 Å². The Morgan fingerprint density at radius 3 is 2.50 bits per heavy atom. The normalized spacial score (nSPS) is 12.4. The van der Waals surface area contributed by atoms with E-state index in [1.54, 1.807) is 0 Å². The van der Waals surface area contributed by atoms with Crippen LogP contribution in [0.15, 0.2) is 46.9 Å². The van der Waals surface area contributed by atoms with E-state index in [-0.39, 0.29) is 6.04 Å². The molecule has 0 radical (unpaired) electrons. The van der Waals surface area contributed by atoms with Crippen LogP contribution in [-0.2, 0) is 0 Å². The predicted molar refractivity (Wildman–Crippen MR) is 81.5 cm³/mol. The SMILES string of the molecule is CNC(c1cccc(Cl)c1)c1ccc(Br)cc1Cl. The Balaban J connectivity index is 2.45. The minimum absolute atomic E-state index is 0.0318. The quantitative estimate of drug-likeness (QED) is 0.820. The average Bonchev–Trinajstić information content (AvgIpc) is 2.33. The molecule has 0 saturated carbocycles. The van der Waals surface area contributed by atoms with Crippen LogP contribution in [0.5, 0.6) is 0 Å². The van der Waals surface area contributed by atoms with E-state index in [2.05, 4.69) is 21.2 Å². The summed E-state index contributed by atoms with van der Waals surface area (Å²) in [6.07, 6.45) is 0. The zero-order valence-corrected chi connectivity index (χ0v) is 12.9. The summed E-state index contributed by atoms with van der Waals surface area (Å²) in [5.41, 5.74) is 2.12. The maximum absolute atomic E-state index is 6.29. The van der Waals surface area contributed by atoms with Crippen LogP contribution in [0, 0.1) is 0 Å². The van der Waals surface area contributed by atoms with E-state index in [1.165, 1.54) is 0 Å². The van der Waals surface area contributed by atoms with Gasteiger partial charge in [-0.1, -0.05) is 57.3 Å². The van der Waals surface area contributed by atoms with E-state index in [9.17, 15) is 0 Å². The summed E-state index contributed by atoms with van der Waals surface area (Å²) in [5.74, 6) is 0. The van der Waals surface area contributed by atoms with Crippen molar-refractivity contribution in [2.45, 2.75) is 6.04 Å². The molecule has 94 valence electrons. The van der Waals surface area contributed by atoms with E-state index in [0.717, 1.165) is 25.6 Å². The lowest BCUT2D eigenvalue weighted by Crippen LogP contribution is -2.18. The van der Waals surface area contributed by atoms with Crippen molar-refractivity contribution in [2.75, 3.05) is 7.05 Å². The molecule has 2 rings (SSSR count). The van der Waals surface area contributed by atoms with Crippen LogP contribution in [0.4, 0.5) is 0 Å². The molecule has 1 N–H and O–H groups in total. The van der Waals surface area contributed by atoms with Gasteiger partial charge >= 0.3 is 0 Å². The van der Waals surface area contributed by atoms with Crippen molar-refractivity contribution in [2.24, 2.45) is 0 Å². The number of rotatable bonds is 3. The second-order valence-corrected chi connectivity index (χ2v) is 5.70. The van der Waals surface area contributed by atoms with Gasteiger partial charge in [0.05, 0.1) is 6.04 Å². The highest BCUT2D eigenvalue weighted by Gasteiger charge is 2.15. The third kappa shape index (κ3) is 3.07. The zero-order chi connectivity index (χ0) is 13.1. The second kappa shape index (κ2) is 6.07. The highest BCUT2D eigenvalue weighted by molar-refractivity contribution is 9.10. The molecule has 0 spiro atoms. The Morgan fingerprint density at radius 2 is 1.89 bits per heavy atom. The molecule has 1 unspecified atom stereocenters. The smallest absolute Gasteiger partial charge is 0.0589 e. The van der Waals surface area contributed by atoms with E-state index >= 15 is 0 Å². The molecule has 2 aromatic carbocycles. The zero-order valence-electron chi connectivity index (χ0n) is 9.75. The molecule has 1 nitrogen and oxygen atoms in total. The number of halogens is 3. The molecular formula is C14H12BrCl2N. The fourth-order valence-electron chi connectivity index (χ4n) is 1.92. The minimum Gasteiger partial charge on any atom is -0.309 e. The van der Waals surface area contributed by atoms with E-state index in [1.807, 2.05) is 49.5 Å². The fraction of sp³-hybridized carbons (Fsp3) is 0.143. The molecule has 4 heteroatoms. The fourth-order valence-corrected chi connectivity index (χ4v) is 2.90. The van der Waals surface area contributed by atoms with Gasteiger partial charge in [-0.25, -0.2) is 0 Å². The van der Waals surface area contributed by atoms with Crippen LogP contribution >= 0.6 is 39.1 Å². The van der Waals surface area contributed by atoms with Crippen LogP contribution in [-0.4, -0.2) is 7.05 Å². The predicted octanol–water partition coefficient (Wildman–Crippen LogP) is 5.06. The maximum atomic E-state index is 6.29. The van der Waals surface area contributed by atoms with Gasteiger partial charge in [-0.15, -0.1) is 0 Å². The Labute approximate surface area is 125 Å². The summed E-state index contributed by atoms with van der Waals surface area (Å²) in [7, 11) is 1.91. The highest BCUT2D eigenvalue weighted by atomic mass is 79.9. The van der Waals surface area contributed by atoms with Crippen molar-refractivity contribution in [1.29, 1.82) is 0 Å². The van der Waals surface area contributed by atoms with E-state index in [0.29, 0.717) is 0 Å². The highest BCUT2D eigenvalue weighted by Crippen LogP contribution is 2.31. The molecule has 0 aliphatic carbocycles. The van der Waals surface area contributed by atoms with Gasteiger partial charge in [-0.05, 0) is 42.4 Å². The molecular weight excluding hydrogens is 333 g/mol. The molecule has 0 aliphatic rings. The van der Waals surface area contributed by atoms with Gasteiger partial charge < -0.3 is 5.32 Å². The van der Waals surface area contributed by atoms with Crippen molar-refractivity contribution in [3.8, 4) is 0 Å². The van der Waals surface area contributed by atoms with Gasteiger partial charge in [-0.2, -0.15) is 0 Å². The second-order valence-electron chi connectivity index (χ2n) is 3.94. The lowest BCUT2D eigenvalue weighted by Gasteiger charge is -2.19. The molecule has 0 bridgehead atoms. The number of hydrogen-bond acceptors (Lipinski definition) is 1. The van der Waals surface area contributed by atoms with Gasteiger partial charge in [0.2, 0.25) is 0 Å². The van der Waals surface area contributed by atoms with Crippen molar-refractivity contribution < 1.29 is 0 Å². The monoisotopic (exact) mass is 343 g/mol. The first-order valence-corrected chi connectivity index (χ1v) is 7.04. The average molecular weight is 345 g/mol. The Kier molecular flexibility index (Phi) is 4.68. The third-order valence-corrected chi connectivity index (χ3v) is 3.80. The van der Waals surface area contributed by atoms with Crippen LogP contribution in [0.3, 0.4) is 0 Å². The Bertz CT molecular complexity index is 557. The molecule has 0 heterocycles. The third-order valence-electron chi connectivity index (χ3n) is 2.74. The summed E-state index contributed by atoms with van der Waals surface area (Å²) in [4.78, 5) is 0.